The minimum absolute atomic E-state index is 0.0234. The highest BCUT2D eigenvalue weighted by atomic mass is 32.2. The van der Waals surface area contributed by atoms with Crippen molar-refractivity contribution in [2.75, 3.05) is 44.2 Å². The van der Waals surface area contributed by atoms with Gasteiger partial charge in [0.05, 0.1) is 10.6 Å². The number of nitrogens with two attached hydrogens (primary N) is 2. The van der Waals surface area contributed by atoms with Crippen LogP contribution in [-0.4, -0.2) is 69.6 Å². The molecular formula is C32H43FN10O2S. The van der Waals surface area contributed by atoms with Crippen LogP contribution < -0.4 is 42.4 Å². The third-order valence-corrected chi connectivity index (χ3v) is 9.60. The molecule has 2 aliphatic rings. The number of aromatic amines is 1. The number of anilines is 1. The maximum absolute atomic E-state index is 15.3. The second-order valence-electron chi connectivity index (χ2n) is 11.6. The number of rotatable bonds is 14. The average molecular weight is 651 g/mol. The van der Waals surface area contributed by atoms with Crippen LogP contribution in [0.5, 0.6) is 0 Å². The molecule has 12 nitrogen and oxygen atoms in total. The molecule has 0 saturated carbocycles. The Morgan fingerprint density at radius 3 is 2.57 bits per heavy atom. The molecule has 0 aliphatic carbocycles. The number of fused-ring (bicyclic) bond motifs is 1. The van der Waals surface area contributed by atoms with E-state index in [9.17, 15) is 8.42 Å². The standard InChI is InChI=1S/C32H43FN10O2S/c1-22-39-31-24(18-30(40-31)28-9-8-27(19-29(28)33)46(44,45)41-25-10-14-37-15-11-25)21-43(22)26-6-4-23(5-7-26)20-42(16-2-12-34)17-3-13-38-32(35)36/h4-9,18-19,21,25,37,41H,1-3,10-17,20,34H2,(H,39,40)(H4,35,36,38). The summed E-state index contributed by atoms with van der Waals surface area (Å²) in [6, 6.07) is 13.8. The molecule has 2 aliphatic heterocycles. The molecule has 0 bridgehead atoms. The maximum atomic E-state index is 15.3. The lowest BCUT2D eigenvalue weighted by Gasteiger charge is -2.24. The van der Waals surface area contributed by atoms with E-state index in [-0.39, 0.29) is 22.5 Å². The molecule has 2 aromatic carbocycles. The maximum Gasteiger partial charge on any atom is 0.240 e. The van der Waals surface area contributed by atoms with Crippen molar-refractivity contribution in [1.82, 2.24) is 25.2 Å². The van der Waals surface area contributed by atoms with Crippen LogP contribution in [-0.2, 0) is 16.6 Å². The van der Waals surface area contributed by atoms with Gasteiger partial charge in [-0.3, -0.25) is 10.3 Å². The van der Waals surface area contributed by atoms with Crippen LogP contribution in [0.4, 0.5) is 10.1 Å². The lowest BCUT2D eigenvalue weighted by atomic mass is 10.1. The molecule has 14 heteroatoms. The van der Waals surface area contributed by atoms with Crippen molar-refractivity contribution in [3.05, 3.63) is 83.0 Å². The van der Waals surface area contributed by atoms with E-state index >= 15 is 4.39 Å². The van der Waals surface area contributed by atoms with E-state index in [1.54, 1.807) is 6.07 Å². The topological polar surface area (TPSA) is 181 Å². The molecule has 0 radical (unpaired) electrons. The summed E-state index contributed by atoms with van der Waals surface area (Å²) in [5.41, 5.74) is 14.4. The molecule has 5 rings (SSSR count). The van der Waals surface area contributed by atoms with Crippen LogP contribution in [0.2, 0.25) is 0 Å². The Bertz CT molecular complexity index is 1770. The minimum Gasteiger partial charge on any atom is -0.370 e. The van der Waals surface area contributed by atoms with Gasteiger partial charge >= 0.3 is 0 Å². The van der Waals surface area contributed by atoms with E-state index in [0.717, 1.165) is 68.1 Å². The molecular weight excluding hydrogens is 607 g/mol. The molecule has 1 saturated heterocycles. The van der Waals surface area contributed by atoms with Gasteiger partial charge in [0.25, 0.3) is 0 Å². The van der Waals surface area contributed by atoms with E-state index in [1.807, 2.05) is 23.2 Å². The third kappa shape index (κ3) is 8.39. The summed E-state index contributed by atoms with van der Waals surface area (Å²) in [5, 5.41) is 14.1. The van der Waals surface area contributed by atoms with Crippen molar-refractivity contribution in [2.45, 2.75) is 43.2 Å². The summed E-state index contributed by atoms with van der Waals surface area (Å²) < 4.78 is 43.8. The highest BCUT2D eigenvalue weighted by Crippen LogP contribution is 2.25. The number of guanidine groups is 1. The number of aromatic nitrogens is 1. The van der Waals surface area contributed by atoms with Crippen LogP contribution in [0.25, 0.3) is 17.5 Å². The first kappa shape index (κ1) is 33.3. The number of nitrogens with one attached hydrogen (secondary N) is 5. The second kappa shape index (κ2) is 15.0. The Morgan fingerprint density at radius 1 is 1.13 bits per heavy atom. The van der Waals surface area contributed by atoms with Crippen molar-refractivity contribution >= 4 is 27.9 Å². The van der Waals surface area contributed by atoms with Gasteiger partial charge in [0.1, 0.15) is 17.1 Å². The molecule has 246 valence electrons. The number of H-pyrrole nitrogens is 1. The summed E-state index contributed by atoms with van der Waals surface area (Å²) in [4.78, 5) is 11.9. The van der Waals surface area contributed by atoms with Crippen molar-refractivity contribution < 1.29 is 12.8 Å². The van der Waals surface area contributed by atoms with Crippen LogP contribution in [0.15, 0.2) is 70.8 Å². The Balaban J connectivity index is 1.29. The van der Waals surface area contributed by atoms with E-state index in [1.165, 1.54) is 12.1 Å². The normalized spacial score (nSPS) is 15.4. The summed E-state index contributed by atoms with van der Waals surface area (Å²) >= 11 is 0. The first-order valence-electron chi connectivity index (χ1n) is 15.5. The van der Waals surface area contributed by atoms with Gasteiger partial charge in [0, 0.05) is 48.3 Å². The molecule has 0 unspecified atom stereocenters. The number of sulfonamides is 1. The molecule has 0 amide bonds. The highest BCUT2D eigenvalue weighted by Gasteiger charge is 2.23. The van der Waals surface area contributed by atoms with Gasteiger partial charge in [-0.15, -0.1) is 0 Å². The van der Waals surface area contributed by atoms with Crippen LogP contribution in [0.3, 0.4) is 0 Å². The van der Waals surface area contributed by atoms with Crippen molar-refractivity contribution in [1.29, 1.82) is 5.41 Å². The molecule has 3 heterocycles. The molecule has 1 aromatic heterocycles. The van der Waals surface area contributed by atoms with Gasteiger partial charge in [0.15, 0.2) is 5.96 Å². The molecule has 46 heavy (non-hydrogen) atoms. The number of halogens is 1. The fraction of sp³-hybridized carbons (Fsp3) is 0.375. The highest BCUT2D eigenvalue weighted by molar-refractivity contribution is 7.89. The van der Waals surface area contributed by atoms with Crippen LogP contribution >= 0.6 is 0 Å². The summed E-state index contributed by atoms with van der Waals surface area (Å²) in [7, 11) is -3.84. The van der Waals surface area contributed by atoms with Crippen LogP contribution in [0.1, 0.15) is 31.2 Å². The Labute approximate surface area is 269 Å². The monoisotopic (exact) mass is 650 g/mol. The Hall–Kier alpha value is -4.08. The number of benzene rings is 2. The zero-order valence-corrected chi connectivity index (χ0v) is 26.7. The number of hydrogen-bond acceptors (Lipinski definition) is 8. The molecule has 1 fully saturated rings. The SMILES string of the molecule is C=C1N=c2[nH]c(-c3ccc(S(=O)(=O)NC4CCNCC4)cc3F)cc2=CN1c1ccc(CN(CCCN)CCCNC(=N)N)cc1. The number of nitrogens with zero attached hydrogens (tertiary/aromatic N) is 3. The lowest BCUT2D eigenvalue weighted by molar-refractivity contribution is 0.260. The van der Waals surface area contributed by atoms with Crippen LogP contribution in [0, 0.1) is 11.2 Å². The molecule has 0 atom stereocenters. The van der Waals surface area contributed by atoms with Crippen molar-refractivity contribution in [3.8, 4) is 11.3 Å². The summed E-state index contributed by atoms with van der Waals surface area (Å²) in [6.45, 7) is 9.36. The van der Waals surface area contributed by atoms with Gasteiger partial charge < -0.3 is 32.0 Å². The Morgan fingerprint density at radius 2 is 1.87 bits per heavy atom. The molecule has 0 spiro atoms. The quantitative estimate of drug-likeness (QED) is 0.0773. The third-order valence-electron chi connectivity index (χ3n) is 8.08. The van der Waals surface area contributed by atoms with E-state index < -0.39 is 15.8 Å². The zero-order chi connectivity index (χ0) is 32.7. The predicted octanol–water partition coefficient (Wildman–Crippen LogP) is 1.22. The molecule has 9 N–H and O–H groups in total. The van der Waals surface area contributed by atoms with Gasteiger partial charge in [-0.1, -0.05) is 18.7 Å². The number of piperidine rings is 1. The van der Waals surface area contributed by atoms with Crippen molar-refractivity contribution in [3.63, 3.8) is 0 Å². The molecule has 3 aromatic rings. The first-order valence-corrected chi connectivity index (χ1v) is 17.0. The largest absolute Gasteiger partial charge is 0.370 e. The van der Waals surface area contributed by atoms with Gasteiger partial charge in [-0.2, -0.15) is 0 Å². The fourth-order valence-electron chi connectivity index (χ4n) is 5.66. The lowest BCUT2D eigenvalue weighted by Crippen LogP contribution is -2.42. The zero-order valence-electron chi connectivity index (χ0n) is 25.9. The van der Waals surface area contributed by atoms with E-state index in [0.29, 0.717) is 42.9 Å². The van der Waals surface area contributed by atoms with E-state index in [2.05, 4.69) is 48.9 Å². The smallest absolute Gasteiger partial charge is 0.240 e. The van der Waals surface area contributed by atoms with E-state index in [4.69, 9.17) is 16.9 Å². The Kier molecular flexibility index (Phi) is 10.9. The van der Waals surface area contributed by atoms with Crippen molar-refractivity contribution in [2.24, 2.45) is 16.5 Å². The van der Waals surface area contributed by atoms with Gasteiger partial charge in [0.2, 0.25) is 10.0 Å². The fourth-order valence-corrected chi connectivity index (χ4v) is 6.97. The summed E-state index contributed by atoms with van der Waals surface area (Å²) in [5.74, 6) is -0.166. The first-order chi connectivity index (χ1) is 22.1. The minimum atomic E-state index is -3.84. The average Bonchev–Trinajstić information content (AvgIpc) is 3.44. The number of hydrogen-bond donors (Lipinski definition) is 7. The second-order valence-corrected chi connectivity index (χ2v) is 13.3. The predicted molar refractivity (Wildman–Crippen MR) is 179 cm³/mol. The van der Waals surface area contributed by atoms with Gasteiger partial charge in [-0.25, -0.2) is 22.5 Å². The summed E-state index contributed by atoms with van der Waals surface area (Å²) in [6.07, 6.45) is 5.03. The van der Waals surface area contributed by atoms with Gasteiger partial charge in [-0.05, 0) is 93.8 Å².